The van der Waals surface area contributed by atoms with E-state index in [1.807, 2.05) is 6.07 Å². The van der Waals surface area contributed by atoms with E-state index in [1.165, 1.54) is 49.4 Å². The van der Waals surface area contributed by atoms with Crippen molar-refractivity contribution >= 4 is 60.5 Å². The maximum absolute atomic E-state index is 6.74. The van der Waals surface area contributed by atoms with E-state index < -0.39 is 0 Å². The van der Waals surface area contributed by atoms with Crippen LogP contribution in [0.1, 0.15) is 25.0 Å². The van der Waals surface area contributed by atoms with Crippen LogP contribution in [0, 0.1) is 0 Å². The van der Waals surface area contributed by atoms with Gasteiger partial charge in [-0.25, -0.2) is 0 Å². The monoisotopic (exact) mass is 779 g/mol. The zero-order valence-electron chi connectivity index (χ0n) is 34.1. The summed E-state index contributed by atoms with van der Waals surface area (Å²) >= 11 is 0. The van der Waals surface area contributed by atoms with Crippen LogP contribution in [0.5, 0.6) is 0 Å². The Balaban J connectivity index is 1.17. The summed E-state index contributed by atoms with van der Waals surface area (Å²) in [5, 5.41) is 7.22. The number of rotatable bonds is 6. The fraction of sp³-hybridized carbons (Fsp3) is 0.0508. The van der Waals surface area contributed by atoms with Gasteiger partial charge in [-0.05, 0) is 96.9 Å². The smallest absolute Gasteiger partial charge is 0.143 e. The third-order valence-corrected chi connectivity index (χ3v) is 13.1. The van der Waals surface area contributed by atoms with E-state index in [1.54, 1.807) is 0 Å². The summed E-state index contributed by atoms with van der Waals surface area (Å²) < 4.78 is 6.74. The van der Waals surface area contributed by atoms with Gasteiger partial charge in [-0.1, -0.05) is 190 Å². The molecule has 0 saturated carbocycles. The van der Waals surface area contributed by atoms with Gasteiger partial charge in [-0.15, -0.1) is 0 Å². The van der Waals surface area contributed by atoms with Gasteiger partial charge in [0.1, 0.15) is 11.2 Å². The molecule has 0 N–H and O–H groups in total. The third-order valence-electron chi connectivity index (χ3n) is 13.1. The van der Waals surface area contributed by atoms with Gasteiger partial charge in [0.2, 0.25) is 0 Å². The predicted octanol–water partition coefficient (Wildman–Crippen LogP) is 16.7. The molecule has 1 heterocycles. The van der Waals surface area contributed by atoms with Gasteiger partial charge in [-0.3, -0.25) is 0 Å². The molecule has 0 unspecified atom stereocenters. The Morgan fingerprint density at radius 2 is 1.00 bits per heavy atom. The van der Waals surface area contributed by atoms with E-state index in [4.69, 9.17) is 4.42 Å². The lowest BCUT2D eigenvalue weighted by molar-refractivity contribution is 0.660. The normalized spacial score (nSPS) is 12.9. The molecular formula is C59H41NO. The molecule has 0 radical (unpaired) electrons. The van der Waals surface area contributed by atoms with Crippen LogP contribution in [0.25, 0.3) is 88.0 Å². The van der Waals surface area contributed by atoms with Crippen molar-refractivity contribution in [2.45, 2.75) is 19.3 Å². The van der Waals surface area contributed by atoms with Crippen molar-refractivity contribution < 1.29 is 4.42 Å². The second-order valence-electron chi connectivity index (χ2n) is 16.8. The molecule has 10 aromatic carbocycles. The Hall–Kier alpha value is -7.68. The number of benzene rings is 10. The lowest BCUT2D eigenvalue weighted by Gasteiger charge is -2.32. The predicted molar refractivity (Wildman–Crippen MR) is 257 cm³/mol. The van der Waals surface area contributed by atoms with Crippen LogP contribution >= 0.6 is 0 Å². The summed E-state index contributed by atoms with van der Waals surface area (Å²) in [6, 6.07) is 77.6. The highest BCUT2D eigenvalue weighted by Gasteiger charge is 2.36. The Morgan fingerprint density at radius 3 is 1.87 bits per heavy atom. The molecule has 2 nitrogen and oxygen atoms in total. The minimum atomic E-state index is -0.179. The lowest BCUT2D eigenvalue weighted by atomic mass is 9.82. The van der Waals surface area contributed by atoms with E-state index >= 15 is 0 Å². The minimum Gasteiger partial charge on any atom is -0.455 e. The highest BCUT2D eigenvalue weighted by atomic mass is 16.3. The van der Waals surface area contributed by atoms with Crippen molar-refractivity contribution in [3.05, 3.63) is 223 Å². The van der Waals surface area contributed by atoms with Crippen molar-refractivity contribution in [2.75, 3.05) is 4.90 Å². The average molecular weight is 780 g/mol. The number of furan rings is 1. The summed E-state index contributed by atoms with van der Waals surface area (Å²) in [5.74, 6) is 0. The van der Waals surface area contributed by atoms with Crippen LogP contribution in [-0.4, -0.2) is 0 Å². The number of hydrogen-bond donors (Lipinski definition) is 0. The summed E-state index contributed by atoms with van der Waals surface area (Å²) in [6.07, 6.45) is 0. The van der Waals surface area contributed by atoms with Crippen molar-refractivity contribution in [2.24, 2.45) is 0 Å². The van der Waals surface area contributed by atoms with E-state index in [9.17, 15) is 0 Å². The molecule has 2 heteroatoms. The fourth-order valence-corrected chi connectivity index (χ4v) is 10.1. The van der Waals surface area contributed by atoms with Crippen molar-refractivity contribution in [3.63, 3.8) is 0 Å². The molecule has 0 bridgehead atoms. The van der Waals surface area contributed by atoms with Crippen molar-refractivity contribution in [1.29, 1.82) is 0 Å². The maximum Gasteiger partial charge on any atom is 0.143 e. The largest absolute Gasteiger partial charge is 0.455 e. The molecule has 0 atom stereocenters. The zero-order chi connectivity index (χ0) is 40.7. The van der Waals surface area contributed by atoms with E-state index in [-0.39, 0.29) is 5.41 Å². The Kier molecular flexibility index (Phi) is 7.92. The summed E-state index contributed by atoms with van der Waals surface area (Å²) in [5.41, 5.74) is 17.0. The van der Waals surface area contributed by atoms with Gasteiger partial charge in [0.15, 0.2) is 0 Å². The first kappa shape index (κ1) is 35.3. The van der Waals surface area contributed by atoms with Crippen LogP contribution in [-0.2, 0) is 5.41 Å². The second-order valence-corrected chi connectivity index (χ2v) is 16.8. The van der Waals surface area contributed by atoms with Crippen LogP contribution in [0.3, 0.4) is 0 Å². The summed E-state index contributed by atoms with van der Waals surface area (Å²) in [4.78, 5) is 2.51. The summed E-state index contributed by atoms with van der Waals surface area (Å²) in [6.45, 7) is 4.73. The molecule has 1 aliphatic carbocycles. The van der Waals surface area contributed by atoms with Crippen LogP contribution in [0.15, 0.2) is 217 Å². The highest BCUT2D eigenvalue weighted by Crippen LogP contribution is 2.53. The second kappa shape index (κ2) is 13.7. The van der Waals surface area contributed by atoms with Gasteiger partial charge < -0.3 is 9.32 Å². The van der Waals surface area contributed by atoms with Gasteiger partial charge in [0.05, 0.1) is 11.4 Å². The Bertz CT molecular complexity index is 3520. The number of hydrogen-bond acceptors (Lipinski definition) is 2. The van der Waals surface area contributed by atoms with Crippen molar-refractivity contribution in [3.8, 4) is 44.5 Å². The quantitative estimate of drug-likeness (QED) is 0.156. The van der Waals surface area contributed by atoms with E-state index in [0.717, 1.165) is 66.8 Å². The SMILES string of the molecule is CC1(C)c2ccccc2-c2ccc(N(c3cc(-c4cc5ccccc5c5ccccc45)ccc3-c3ccccc3)c3ccccc3-c3cccc4c3oc3ccccc34)cc21. The highest BCUT2D eigenvalue weighted by molar-refractivity contribution is 6.15. The molecule has 1 aromatic heterocycles. The molecule has 0 amide bonds. The lowest BCUT2D eigenvalue weighted by Crippen LogP contribution is -2.17. The first-order valence-electron chi connectivity index (χ1n) is 21.2. The average Bonchev–Trinajstić information content (AvgIpc) is 3.81. The van der Waals surface area contributed by atoms with Crippen LogP contribution in [0.2, 0.25) is 0 Å². The molecule has 61 heavy (non-hydrogen) atoms. The molecule has 12 rings (SSSR count). The molecule has 0 saturated heterocycles. The molecule has 0 aliphatic heterocycles. The molecule has 288 valence electrons. The number of fused-ring (bicyclic) bond motifs is 9. The zero-order valence-corrected chi connectivity index (χ0v) is 34.1. The Labute approximate surface area is 355 Å². The van der Waals surface area contributed by atoms with Crippen LogP contribution < -0.4 is 4.90 Å². The van der Waals surface area contributed by atoms with E-state index in [2.05, 4.69) is 225 Å². The number of anilines is 3. The minimum absolute atomic E-state index is 0.179. The topological polar surface area (TPSA) is 16.4 Å². The van der Waals surface area contributed by atoms with Gasteiger partial charge in [0.25, 0.3) is 0 Å². The van der Waals surface area contributed by atoms with Gasteiger partial charge in [-0.2, -0.15) is 0 Å². The molecule has 1 aliphatic rings. The van der Waals surface area contributed by atoms with Gasteiger partial charge in [0, 0.05) is 38.6 Å². The van der Waals surface area contributed by atoms with Crippen molar-refractivity contribution in [1.82, 2.24) is 0 Å². The molecule has 0 spiro atoms. The first-order chi connectivity index (χ1) is 30.0. The molecule has 0 fully saturated rings. The number of para-hydroxylation sites is 3. The van der Waals surface area contributed by atoms with Gasteiger partial charge >= 0.3 is 0 Å². The van der Waals surface area contributed by atoms with E-state index in [0.29, 0.717) is 0 Å². The maximum atomic E-state index is 6.74. The Morgan fingerprint density at radius 1 is 0.361 bits per heavy atom. The standard InChI is InChI=1S/C59H41NO/c1-59(2)53-28-13-10-23-46(53)47-34-32-41(37-54(47)59)60(55-29-14-11-24-48(55)50-26-16-27-51-49-25-12-15-30-57(49)61-58(50)51)56-36-40(31-33-43(56)38-17-4-3-5-18-38)52-35-39-19-6-7-20-42(39)44-21-8-9-22-45(44)52/h3-37H,1-2H3. The molecule has 11 aromatic rings. The number of nitrogens with zero attached hydrogens (tertiary/aromatic N) is 1. The van der Waals surface area contributed by atoms with Crippen LogP contribution in [0.4, 0.5) is 17.1 Å². The summed E-state index contributed by atoms with van der Waals surface area (Å²) in [7, 11) is 0. The molecular weight excluding hydrogens is 739 g/mol. The third kappa shape index (κ3) is 5.49. The first-order valence-corrected chi connectivity index (χ1v) is 21.2. The fourth-order valence-electron chi connectivity index (χ4n) is 10.1.